The van der Waals surface area contributed by atoms with E-state index in [0.717, 1.165) is 187 Å². The van der Waals surface area contributed by atoms with Crippen LogP contribution in [0.1, 0.15) is 134 Å². The Morgan fingerprint density at radius 3 is 1.07 bits per heavy atom. The highest BCUT2D eigenvalue weighted by Crippen LogP contribution is 2.53. The molecule has 12 aromatic heterocycles. The Kier molecular flexibility index (Phi) is 21.5. The number of hydrogen-bond acceptors (Lipinski definition) is 30. The fraction of sp³-hybridized carbons (Fsp3) is 0.289. The van der Waals surface area contributed by atoms with Crippen LogP contribution < -0.4 is 27.4 Å². The molecule has 4 saturated carbocycles. The molecule has 0 radical (unpaired) electrons. The Labute approximate surface area is 702 Å². The quantitative estimate of drug-likeness (QED) is 0.0550. The summed E-state index contributed by atoms with van der Waals surface area (Å²) in [4.78, 5) is 65.5. The second-order valence-electron chi connectivity index (χ2n) is 32.1. The molecular formula is C90H90N28O4. The van der Waals surface area contributed by atoms with Crippen molar-refractivity contribution in [2.75, 3.05) is 68.2 Å². The lowest BCUT2D eigenvalue weighted by molar-refractivity contribution is 0.273. The number of hydrogen-bond donors (Lipinski definition) is 4. The van der Waals surface area contributed by atoms with Gasteiger partial charge in [0.25, 0.3) is 23.6 Å². The van der Waals surface area contributed by atoms with Crippen LogP contribution in [-0.4, -0.2) is 156 Å². The first-order valence-corrected chi connectivity index (χ1v) is 40.8. The van der Waals surface area contributed by atoms with Crippen LogP contribution >= 0.6 is 0 Å². The van der Waals surface area contributed by atoms with Crippen LogP contribution in [0.2, 0.25) is 0 Å². The first-order valence-electron chi connectivity index (χ1n) is 40.8. The molecule has 7 N–H and O–H groups in total. The number of aromatic nitrogens is 22. The van der Waals surface area contributed by atoms with Crippen LogP contribution in [0.4, 0.5) is 29.5 Å². The average Bonchev–Trinajstić information content (AvgIpc) is 1.39. The van der Waals surface area contributed by atoms with E-state index < -0.39 is 0 Å². The Hall–Kier alpha value is -14.6. The molecule has 0 atom stereocenters. The molecule has 21 rings (SSSR count). The van der Waals surface area contributed by atoms with Crippen LogP contribution in [0, 0.1) is 6.92 Å². The first-order chi connectivity index (χ1) is 59.4. The highest BCUT2D eigenvalue weighted by molar-refractivity contribution is 5.69. The molecule has 5 aliphatic rings. The van der Waals surface area contributed by atoms with E-state index in [1.165, 1.54) is 39.8 Å². The molecule has 13 heterocycles. The zero-order chi connectivity index (χ0) is 83.5. The van der Waals surface area contributed by atoms with E-state index in [9.17, 15) is 0 Å². The van der Waals surface area contributed by atoms with Gasteiger partial charge in [-0.25, -0.2) is 44.9 Å². The Morgan fingerprint density at radius 1 is 0.369 bits per heavy atom. The second kappa shape index (κ2) is 33.3. The number of nitrogens with zero attached hydrogens (tertiary/aromatic N) is 24. The largest absolute Gasteiger partial charge is 0.370 e. The lowest BCUT2D eigenvalue weighted by atomic mass is 9.64. The van der Waals surface area contributed by atoms with Crippen molar-refractivity contribution in [3.8, 4) is 90.5 Å². The highest BCUT2D eigenvalue weighted by Gasteiger charge is 2.48. The van der Waals surface area contributed by atoms with Gasteiger partial charge in [-0.2, -0.15) is 30.1 Å². The summed E-state index contributed by atoms with van der Waals surface area (Å²) in [5.41, 5.74) is 34.3. The Morgan fingerprint density at radius 2 is 0.730 bits per heavy atom. The van der Waals surface area contributed by atoms with Crippen molar-refractivity contribution in [2.45, 2.75) is 112 Å². The molecule has 0 spiro atoms. The maximum absolute atomic E-state index is 5.63. The molecule has 16 aromatic rings. The number of nitrogens with one attached hydrogen (secondary N) is 1. The number of fused-ring (bicyclic) bond motifs is 1. The van der Waals surface area contributed by atoms with Crippen molar-refractivity contribution in [2.24, 2.45) is 14.1 Å². The van der Waals surface area contributed by atoms with Crippen molar-refractivity contribution in [3.63, 3.8) is 0 Å². The number of nitrogens with two attached hydrogens (primary N) is 3. The van der Waals surface area contributed by atoms with Gasteiger partial charge < -0.3 is 50.4 Å². The number of benzene rings is 4. The number of aryl methyl sites for hydroxylation is 3. The molecule has 32 nitrogen and oxygen atoms in total. The minimum Gasteiger partial charge on any atom is -0.370 e. The summed E-state index contributed by atoms with van der Waals surface area (Å²) >= 11 is 0. The molecular weight excluding hydrogens is 1540 g/mol. The van der Waals surface area contributed by atoms with Crippen molar-refractivity contribution in [1.82, 2.24) is 115 Å². The molecule has 4 aromatic carbocycles. The van der Waals surface area contributed by atoms with Gasteiger partial charge in [0.2, 0.25) is 17.8 Å². The van der Waals surface area contributed by atoms with Crippen molar-refractivity contribution >= 4 is 29.5 Å². The summed E-state index contributed by atoms with van der Waals surface area (Å²) in [5.74, 6) is 7.50. The third-order valence-corrected chi connectivity index (χ3v) is 24.2. The van der Waals surface area contributed by atoms with Crippen molar-refractivity contribution < 1.29 is 18.1 Å². The monoisotopic (exact) mass is 1630 g/mol. The minimum atomic E-state index is -0.252. The normalized spacial score (nSPS) is 15.4. The van der Waals surface area contributed by atoms with Gasteiger partial charge in [0.05, 0.1) is 63.1 Å². The molecule has 0 bridgehead atoms. The van der Waals surface area contributed by atoms with Crippen LogP contribution in [0.25, 0.3) is 90.5 Å². The van der Waals surface area contributed by atoms with E-state index in [-0.39, 0.29) is 39.5 Å². The summed E-state index contributed by atoms with van der Waals surface area (Å²) in [6, 6.07) is 40.2. The van der Waals surface area contributed by atoms with Gasteiger partial charge in [-0.3, -0.25) is 14.3 Å². The van der Waals surface area contributed by atoms with Gasteiger partial charge in [-0.15, -0.1) is 0 Å². The minimum absolute atomic E-state index is 0.164. The van der Waals surface area contributed by atoms with E-state index in [2.05, 4.69) is 204 Å². The van der Waals surface area contributed by atoms with E-state index in [0.29, 0.717) is 35.1 Å². The third-order valence-electron chi connectivity index (χ3n) is 24.2. The van der Waals surface area contributed by atoms with Gasteiger partial charge in [-0.05, 0) is 147 Å². The Bertz CT molecular complexity index is 6250. The number of rotatable bonds is 20. The lowest BCUT2D eigenvalue weighted by Crippen LogP contribution is -2.36. The fourth-order valence-corrected chi connectivity index (χ4v) is 16.3. The summed E-state index contributed by atoms with van der Waals surface area (Å²) in [7, 11) is 9.84. The first kappa shape index (κ1) is 78.6. The second-order valence-corrected chi connectivity index (χ2v) is 32.1. The molecule has 1 aliphatic heterocycles. The summed E-state index contributed by atoms with van der Waals surface area (Å²) in [6.07, 6.45) is 38.4. The zero-order valence-electron chi connectivity index (χ0n) is 68.5. The predicted octanol–water partition coefficient (Wildman–Crippen LogP) is 13.9. The number of anilines is 5. The maximum atomic E-state index is 5.63. The van der Waals surface area contributed by atoms with Gasteiger partial charge in [-0.1, -0.05) is 143 Å². The zero-order valence-corrected chi connectivity index (χ0v) is 68.5. The molecule has 4 fully saturated rings. The number of nitrogen functional groups attached to an aromatic ring is 3. The summed E-state index contributed by atoms with van der Waals surface area (Å²) < 4.78 is 25.8. The van der Waals surface area contributed by atoms with Crippen molar-refractivity contribution in [3.05, 3.63) is 259 Å². The van der Waals surface area contributed by atoms with E-state index >= 15 is 0 Å². The molecule has 614 valence electrons. The van der Waals surface area contributed by atoms with Crippen molar-refractivity contribution in [1.29, 1.82) is 0 Å². The van der Waals surface area contributed by atoms with Crippen LogP contribution in [0.5, 0.6) is 0 Å². The molecule has 122 heavy (non-hydrogen) atoms. The highest BCUT2D eigenvalue weighted by atomic mass is 16.5. The molecule has 0 amide bonds. The number of pyridine rings is 2. The van der Waals surface area contributed by atoms with Gasteiger partial charge >= 0.3 is 0 Å². The number of likely N-dealkylation sites (N-methyl/N-ethyl adjacent to an activating group) is 2. The molecule has 0 saturated heterocycles. The topological polar surface area (TPSA) is 417 Å². The van der Waals surface area contributed by atoms with Crippen LogP contribution in [-0.2, 0) is 42.2 Å². The lowest BCUT2D eigenvalue weighted by Gasteiger charge is -2.39. The molecule has 4 aliphatic carbocycles. The average molecular weight is 1630 g/mol. The SMILES string of the molecule is CN(C)CCN(C)c1cnc(-c2nc(C3(c4ccc(-c5cnc(N)nc5)cc4)CCC3)no2)cn1.Cc1ccc(-c2nc(C3(c4ccc(-c5cnc(N)nc5)cc4)CCC3)no2)cn1.Cn1cc(-c2nc(C3(c4ccc(-c5cnc(N)nc5)cc4)CCC3)no2)cn1.Cn1cc(-c2nc(C3(c4ccc(-c5cnc6c(c5)CCN6)cc4)CCC3)no2)cn1. The third kappa shape index (κ3) is 15.8. The van der Waals surface area contributed by atoms with Crippen LogP contribution in [0.15, 0.2) is 220 Å². The molecule has 32 heteroatoms. The van der Waals surface area contributed by atoms with Gasteiger partial charge in [0.15, 0.2) is 23.3 Å². The predicted molar refractivity (Wildman–Crippen MR) is 458 cm³/mol. The van der Waals surface area contributed by atoms with Gasteiger partial charge in [0, 0.05) is 131 Å². The standard InChI is InChI=1S/C25H29N9O.C23H22N6O.C22H20N6O.C20H19N7O/c1-33(2)11-12-34(3)21-16-27-20(15-28-21)22-31-23(32-35-22)25(9-4-10-25)19-7-5-17(6-8-19)18-13-29-24(26)30-14-18;1-29-14-18(13-26-29)21-27-22(28-30-21)23(8-2-9-23)19-5-3-15(4-6-19)17-11-16-7-10-24-20(16)25-12-17;1-14-3-4-16(11-24-14)19-27-20(28-29-19)22(9-2-10-22)18-7-5-15(6-8-18)17-12-25-21(23)26-13-17;1-27-12-15(11-24-27)17-25-18(26-28-17)20(7-2-8-20)16-5-3-13(4-6-16)14-9-22-19(21)23-10-14/h5-8,13-16H,4,9-12H2,1-3H3,(H2,26,29,30);3-6,11-14H,2,7-10H2,1H3,(H,24,25);3-8,11-13H,2,9-10H2,1H3,(H2,23,25,26);3-6,9-12H,2,7-8H2,1H3,(H2,21,22,23). The smallest absolute Gasteiger partial charge is 0.278 e. The summed E-state index contributed by atoms with van der Waals surface area (Å²) in [6.45, 7) is 4.72. The van der Waals surface area contributed by atoms with E-state index in [4.69, 9.17) is 50.2 Å². The van der Waals surface area contributed by atoms with Gasteiger partial charge in [0.1, 0.15) is 17.3 Å². The molecule has 0 unspecified atom stereocenters. The summed E-state index contributed by atoms with van der Waals surface area (Å²) in [5, 5.41) is 29.0. The van der Waals surface area contributed by atoms with Crippen LogP contribution in [0.3, 0.4) is 0 Å². The fourth-order valence-electron chi connectivity index (χ4n) is 16.3. The maximum Gasteiger partial charge on any atom is 0.278 e. The Balaban J connectivity index is 0.000000111. The van der Waals surface area contributed by atoms with E-state index in [1.807, 2.05) is 72.9 Å². The van der Waals surface area contributed by atoms with E-state index in [1.54, 1.807) is 77.5 Å².